The van der Waals surface area contributed by atoms with Gasteiger partial charge < -0.3 is 9.84 Å². The van der Waals surface area contributed by atoms with Gasteiger partial charge in [0.15, 0.2) is 0 Å². The topological polar surface area (TPSA) is 32.7 Å². The van der Waals surface area contributed by atoms with Crippen LogP contribution in [0.15, 0.2) is 12.1 Å². The highest BCUT2D eigenvalue weighted by Gasteiger charge is 2.24. The second kappa shape index (κ2) is 7.81. The van der Waals surface area contributed by atoms with Gasteiger partial charge in [0.25, 0.3) is 0 Å². The van der Waals surface area contributed by atoms with Crippen LogP contribution >= 0.6 is 0 Å². The maximum atomic E-state index is 9.44. The molecular formula is C18H29NO2. The van der Waals surface area contributed by atoms with E-state index in [0.29, 0.717) is 6.04 Å². The predicted molar refractivity (Wildman–Crippen MR) is 87.0 cm³/mol. The molecule has 1 aliphatic rings. The van der Waals surface area contributed by atoms with Crippen LogP contribution in [0.4, 0.5) is 0 Å². The van der Waals surface area contributed by atoms with E-state index in [1.807, 2.05) is 0 Å². The first-order chi connectivity index (χ1) is 10.2. The number of aliphatic hydroxyl groups excluding tert-OH is 1. The number of rotatable bonds is 7. The van der Waals surface area contributed by atoms with Crippen molar-refractivity contribution < 1.29 is 9.84 Å². The summed E-state index contributed by atoms with van der Waals surface area (Å²) in [7, 11) is 0. The van der Waals surface area contributed by atoms with E-state index in [9.17, 15) is 5.11 Å². The lowest BCUT2D eigenvalue weighted by Crippen LogP contribution is -2.27. The minimum atomic E-state index is 0.244. The molecule has 1 heterocycles. The summed E-state index contributed by atoms with van der Waals surface area (Å²) in [5.41, 5.74) is 3.83. The van der Waals surface area contributed by atoms with Gasteiger partial charge in [-0.25, -0.2) is 0 Å². The van der Waals surface area contributed by atoms with Crippen LogP contribution in [0.3, 0.4) is 0 Å². The molecule has 0 spiro atoms. The molecule has 1 N–H and O–H groups in total. The van der Waals surface area contributed by atoms with Gasteiger partial charge in [-0.05, 0) is 75.4 Å². The Kier molecular flexibility index (Phi) is 6.07. The maximum Gasteiger partial charge on any atom is 0.122 e. The Bertz CT molecular complexity index is 453. The zero-order valence-electron chi connectivity index (χ0n) is 13.7. The van der Waals surface area contributed by atoms with E-state index < -0.39 is 0 Å². The maximum absolute atomic E-state index is 9.44. The highest BCUT2D eigenvalue weighted by atomic mass is 16.5. The van der Waals surface area contributed by atoms with E-state index in [2.05, 4.69) is 37.8 Å². The molecule has 0 radical (unpaired) electrons. The van der Waals surface area contributed by atoms with Crippen LogP contribution in [0.5, 0.6) is 5.75 Å². The van der Waals surface area contributed by atoms with Crippen molar-refractivity contribution in [2.45, 2.75) is 52.5 Å². The number of aliphatic hydroxyl groups is 1. The molecule has 1 saturated heterocycles. The van der Waals surface area contributed by atoms with E-state index in [1.165, 1.54) is 29.5 Å². The number of aryl methyl sites for hydroxylation is 2. The molecule has 1 aliphatic heterocycles. The Morgan fingerprint density at radius 3 is 2.52 bits per heavy atom. The average Bonchev–Trinajstić information content (AvgIpc) is 2.99. The molecule has 1 unspecified atom stereocenters. The molecule has 0 aromatic heterocycles. The van der Waals surface area contributed by atoms with Crippen molar-refractivity contribution in [3.05, 3.63) is 28.8 Å². The Balaban J connectivity index is 2.25. The van der Waals surface area contributed by atoms with Gasteiger partial charge in [0, 0.05) is 12.6 Å². The van der Waals surface area contributed by atoms with E-state index in [1.54, 1.807) is 0 Å². The molecule has 1 fully saturated rings. The Labute approximate surface area is 128 Å². The summed E-state index contributed by atoms with van der Waals surface area (Å²) in [6.45, 7) is 9.72. The molecule has 0 bridgehead atoms. The minimum absolute atomic E-state index is 0.244. The molecule has 0 aliphatic carbocycles. The highest BCUT2D eigenvalue weighted by Crippen LogP contribution is 2.33. The fourth-order valence-electron chi connectivity index (χ4n) is 3.25. The SMILES string of the molecule is CCCOc1cc(C)c(C(CCO)N2CCCC2)cc1C. The number of hydrogen-bond acceptors (Lipinski definition) is 3. The van der Waals surface area contributed by atoms with E-state index in [4.69, 9.17) is 4.74 Å². The lowest BCUT2D eigenvalue weighted by molar-refractivity contribution is 0.184. The fourth-order valence-corrected chi connectivity index (χ4v) is 3.25. The van der Waals surface area contributed by atoms with Crippen molar-refractivity contribution in [2.24, 2.45) is 0 Å². The molecular weight excluding hydrogens is 262 g/mol. The second-order valence-corrected chi connectivity index (χ2v) is 6.09. The molecule has 3 heteroatoms. The molecule has 21 heavy (non-hydrogen) atoms. The summed E-state index contributed by atoms with van der Waals surface area (Å²) in [4.78, 5) is 2.52. The number of hydrogen-bond donors (Lipinski definition) is 1. The van der Waals surface area contributed by atoms with E-state index in [0.717, 1.165) is 38.3 Å². The van der Waals surface area contributed by atoms with Crippen LogP contribution in [0.2, 0.25) is 0 Å². The van der Waals surface area contributed by atoms with Crippen molar-refractivity contribution >= 4 is 0 Å². The average molecular weight is 291 g/mol. The zero-order chi connectivity index (χ0) is 15.2. The summed E-state index contributed by atoms with van der Waals surface area (Å²) in [5.74, 6) is 1.00. The lowest BCUT2D eigenvalue weighted by Gasteiger charge is -2.29. The van der Waals surface area contributed by atoms with Gasteiger partial charge in [-0.15, -0.1) is 0 Å². The number of ether oxygens (including phenoxy) is 1. The number of likely N-dealkylation sites (tertiary alicyclic amines) is 1. The quantitative estimate of drug-likeness (QED) is 0.833. The zero-order valence-corrected chi connectivity index (χ0v) is 13.7. The monoisotopic (exact) mass is 291 g/mol. The van der Waals surface area contributed by atoms with Crippen molar-refractivity contribution in [1.82, 2.24) is 4.90 Å². The summed E-state index contributed by atoms with van der Waals surface area (Å²) in [5, 5.41) is 9.44. The molecule has 2 rings (SSSR count). The first-order valence-corrected chi connectivity index (χ1v) is 8.26. The highest BCUT2D eigenvalue weighted by molar-refractivity contribution is 5.43. The van der Waals surface area contributed by atoms with Crippen LogP contribution in [0.25, 0.3) is 0 Å². The van der Waals surface area contributed by atoms with Gasteiger partial charge in [0.1, 0.15) is 5.75 Å². The summed E-state index contributed by atoms with van der Waals surface area (Å²) in [6, 6.07) is 4.77. The number of benzene rings is 1. The molecule has 1 aromatic rings. The molecule has 118 valence electrons. The number of nitrogens with zero attached hydrogens (tertiary/aromatic N) is 1. The standard InChI is InChI=1S/C18H29NO2/c1-4-11-21-18-13-14(2)16(12-15(18)3)17(7-10-20)19-8-5-6-9-19/h12-13,17,20H,4-11H2,1-3H3. The summed E-state index contributed by atoms with van der Waals surface area (Å²) >= 11 is 0. The largest absolute Gasteiger partial charge is 0.493 e. The van der Waals surface area contributed by atoms with Crippen molar-refractivity contribution in [2.75, 3.05) is 26.3 Å². The molecule has 3 nitrogen and oxygen atoms in total. The van der Waals surface area contributed by atoms with Gasteiger partial charge in [-0.3, -0.25) is 4.90 Å². The van der Waals surface area contributed by atoms with Crippen LogP contribution in [0.1, 0.15) is 55.3 Å². The third-order valence-electron chi connectivity index (χ3n) is 4.37. The second-order valence-electron chi connectivity index (χ2n) is 6.09. The minimum Gasteiger partial charge on any atom is -0.493 e. The van der Waals surface area contributed by atoms with Crippen molar-refractivity contribution in [1.29, 1.82) is 0 Å². The van der Waals surface area contributed by atoms with Crippen LogP contribution in [-0.2, 0) is 0 Å². The lowest BCUT2D eigenvalue weighted by atomic mass is 9.95. The van der Waals surface area contributed by atoms with E-state index in [-0.39, 0.29) is 6.61 Å². The predicted octanol–water partition coefficient (Wildman–Crippen LogP) is 3.61. The summed E-state index contributed by atoms with van der Waals surface area (Å²) in [6.07, 6.45) is 4.39. The first kappa shape index (κ1) is 16.3. The van der Waals surface area contributed by atoms with Gasteiger partial charge in [0.2, 0.25) is 0 Å². The van der Waals surface area contributed by atoms with Gasteiger partial charge in [-0.2, -0.15) is 0 Å². The van der Waals surface area contributed by atoms with Gasteiger partial charge in [0.05, 0.1) is 6.61 Å². The first-order valence-electron chi connectivity index (χ1n) is 8.26. The van der Waals surface area contributed by atoms with Crippen LogP contribution in [0, 0.1) is 13.8 Å². The van der Waals surface area contributed by atoms with Crippen molar-refractivity contribution in [3.8, 4) is 5.75 Å². The van der Waals surface area contributed by atoms with Gasteiger partial charge in [-0.1, -0.05) is 13.0 Å². The van der Waals surface area contributed by atoms with Crippen molar-refractivity contribution in [3.63, 3.8) is 0 Å². The Morgan fingerprint density at radius 1 is 1.19 bits per heavy atom. The van der Waals surface area contributed by atoms with E-state index >= 15 is 0 Å². The molecule has 1 aromatic carbocycles. The summed E-state index contributed by atoms with van der Waals surface area (Å²) < 4.78 is 5.82. The van der Waals surface area contributed by atoms with Crippen LogP contribution in [-0.4, -0.2) is 36.3 Å². The Morgan fingerprint density at radius 2 is 1.90 bits per heavy atom. The fraction of sp³-hybridized carbons (Fsp3) is 0.667. The van der Waals surface area contributed by atoms with Crippen LogP contribution < -0.4 is 4.74 Å². The third-order valence-corrected chi connectivity index (χ3v) is 4.37. The molecule has 0 amide bonds. The molecule has 0 saturated carbocycles. The van der Waals surface area contributed by atoms with Gasteiger partial charge >= 0.3 is 0 Å². The molecule has 1 atom stereocenters. The normalized spacial score (nSPS) is 17.1. The Hall–Kier alpha value is -1.06. The smallest absolute Gasteiger partial charge is 0.122 e. The third kappa shape index (κ3) is 3.98.